The van der Waals surface area contributed by atoms with Crippen LogP contribution in [0.25, 0.3) is 0 Å². The van der Waals surface area contributed by atoms with Gasteiger partial charge in [-0.15, -0.1) is 11.8 Å². The molecule has 4 heteroatoms. The monoisotopic (exact) mass is 210 g/mol. The average molecular weight is 210 g/mol. The number of aromatic nitrogens is 2. The van der Waals surface area contributed by atoms with Crippen molar-refractivity contribution < 1.29 is 4.57 Å². The zero-order chi connectivity index (χ0) is 10.2. The number of aromatic amines is 1. The van der Waals surface area contributed by atoms with E-state index < -0.39 is 0 Å². The molecule has 76 valence electrons. The van der Waals surface area contributed by atoms with Crippen molar-refractivity contribution in [3.05, 3.63) is 18.2 Å². The molecule has 0 aliphatic carbocycles. The maximum atomic E-state index is 8.49. The first-order valence-electron chi connectivity index (χ1n) is 4.89. The van der Waals surface area contributed by atoms with Gasteiger partial charge in [-0.3, -0.25) is 0 Å². The number of hydrogen-bond acceptors (Lipinski definition) is 2. The molecule has 0 saturated carbocycles. The van der Waals surface area contributed by atoms with Gasteiger partial charge in [0.1, 0.15) is 18.3 Å². The topological polar surface area (TPSA) is 43.5 Å². The van der Waals surface area contributed by atoms with Gasteiger partial charge in [-0.05, 0) is 12.2 Å². The van der Waals surface area contributed by atoms with E-state index in [1.54, 1.807) is 0 Å². The molecule has 0 aliphatic rings. The van der Waals surface area contributed by atoms with E-state index in [0.29, 0.717) is 6.42 Å². The molecule has 0 radical (unpaired) electrons. The summed E-state index contributed by atoms with van der Waals surface area (Å²) in [5.41, 5.74) is 0. The van der Waals surface area contributed by atoms with Crippen LogP contribution in [0.5, 0.6) is 0 Å². The summed E-state index contributed by atoms with van der Waals surface area (Å²) in [6, 6.07) is 2.16. The smallest absolute Gasteiger partial charge is 0.248 e. The molecule has 0 aromatic carbocycles. The van der Waals surface area contributed by atoms with Gasteiger partial charge in [-0.2, -0.15) is 5.26 Å². The molecule has 1 rings (SSSR count). The first-order valence-corrected chi connectivity index (χ1v) is 6.04. The van der Waals surface area contributed by atoms with E-state index in [-0.39, 0.29) is 0 Å². The molecule has 1 aromatic rings. The fraction of sp³-hybridized carbons (Fsp3) is 0.600. The van der Waals surface area contributed by atoms with Crippen LogP contribution in [0.4, 0.5) is 0 Å². The quantitative estimate of drug-likeness (QED) is 0.575. The molecule has 1 heterocycles. The lowest BCUT2D eigenvalue weighted by molar-refractivity contribution is -0.682. The van der Waals surface area contributed by atoms with Gasteiger partial charge in [0.15, 0.2) is 0 Å². The van der Waals surface area contributed by atoms with Crippen molar-refractivity contribution in [2.75, 3.05) is 5.75 Å². The van der Waals surface area contributed by atoms with E-state index in [0.717, 1.165) is 18.1 Å². The molecule has 0 amide bonds. The van der Waals surface area contributed by atoms with Gasteiger partial charge in [-0.25, -0.2) is 9.55 Å². The highest BCUT2D eigenvalue weighted by Crippen LogP contribution is 2.02. The summed E-state index contributed by atoms with van der Waals surface area (Å²) in [6.45, 7) is 2.19. The standard InChI is InChI=1S/C10H15N3S/c1-2-8-14-9-13-7-6-12-10(13)4-3-5-11/h6-7H,2-4,8-9H2,1H3/p+1. The van der Waals surface area contributed by atoms with E-state index in [1.165, 1.54) is 12.2 Å². The van der Waals surface area contributed by atoms with Crippen LogP contribution in [0.3, 0.4) is 0 Å². The van der Waals surface area contributed by atoms with Crippen molar-refractivity contribution in [3.63, 3.8) is 0 Å². The molecule has 0 spiro atoms. The number of H-pyrrole nitrogens is 1. The highest BCUT2D eigenvalue weighted by Gasteiger charge is 2.08. The fourth-order valence-electron chi connectivity index (χ4n) is 1.21. The van der Waals surface area contributed by atoms with Crippen molar-refractivity contribution in [2.24, 2.45) is 0 Å². The lowest BCUT2D eigenvalue weighted by atomic mass is 10.3. The van der Waals surface area contributed by atoms with Crippen LogP contribution < -0.4 is 4.57 Å². The number of aryl methyl sites for hydroxylation is 1. The van der Waals surface area contributed by atoms with Crippen LogP contribution in [-0.4, -0.2) is 10.7 Å². The first kappa shape index (κ1) is 11.1. The minimum atomic E-state index is 0.582. The third kappa shape index (κ3) is 3.43. The summed E-state index contributed by atoms with van der Waals surface area (Å²) in [5.74, 6) is 3.32. The summed E-state index contributed by atoms with van der Waals surface area (Å²) < 4.78 is 2.18. The van der Waals surface area contributed by atoms with E-state index in [2.05, 4.69) is 22.5 Å². The molecule has 1 aromatic heterocycles. The summed E-state index contributed by atoms with van der Waals surface area (Å²) >= 11 is 1.92. The summed E-state index contributed by atoms with van der Waals surface area (Å²) in [6.07, 6.45) is 6.58. The Labute approximate surface area is 89.1 Å². The predicted octanol–water partition coefficient (Wildman–Crippen LogP) is 1.86. The third-order valence-corrected chi connectivity index (χ3v) is 3.06. The Balaban J connectivity index is 2.42. The number of nitriles is 1. The van der Waals surface area contributed by atoms with Crippen molar-refractivity contribution >= 4 is 11.8 Å². The van der Waals surface area contributed by atoms with Gasteiger partial charge in [0.25, 0.3) is 5.82 Å². The Morgan fingerprint density at radius 2 is 2.50 bits per heavy atom. The van der Waals surface area contributed by atoms with E-state index in [4.69, 9.17) is 5.26 Å². The van der Waals surface area contributed by atoms with E-state index in [9.17, 15) is 0 Å². The minimum absolute atomic E-state index is 0.582. The van der Waals surface area contributed by atoms with Gasteiger partial charge < -0.3 is 0 Å². The second-order valence-corrected chi connectivity index (χ2v) is 4.15. The zero-order valence-electron chi connectivity index (χ0n) is 8.49. The van der Waals surface area contributed by atoms with Gasteiger partial charge in [0.2, 0.25) is 0 Å². The fourth-order valence-corrected chi connectivity index (χ4v) is 2.07. The number of imidazole rings is 1. The first-order chi connectivity index (χ1) is 6.88. The molecular weight excluding hydrogens is 194 g/mol. The van der Waals surface area contributed by atoms with Crippen LogP contribution >= 0.6 is 11.8 Å². The largest absolute Gasteiger partial charge is 0.255 e. The molecule has 0 unspecified atom stereocenters. The maximum absolute atomic E-state index is 8.49. The predicted molar refractivity (Wildman–Crippen MR) is 57.7 cm³/mol. The van der Waals surface area contributed by atoms with Gasteiger partial charge in [0, 0.05) is 6.42 Å². The van der Waals surface area contributed by atoms with Crippen LogP contribution in [0.2, 0.25) is 0 Å². The number of rotatable bonds is 6. The van der Waals surface area contributed by atoms with Crippen molar-refractivity contribution in [2.45, 2.75) is 32.1 Å². The SMILES string of the molecule is CCCSC[n+]1cc[nH]c1CCC#N. The average Bonchev–Trinajstić information content (AvgIpc) is 2.63. The lowest BCUT2D eigenvalue weighted by Crippen LogP contribution is -2.34. The molecule has 3 nitrogen and oxygen atoms in total. The molecule has 0 fully saturated rings. The highest BCUT2D eigenvalue weighted by molar-refractivity contribution is 7.98. The van der Waals surface area contributed by atoms with Crippen LogP contribution in [0.1, 0.15) is 25.6 Å². The Hall–Kier alpha value is -0.950. The summed E-state index contributed by atoms with van der Waals surface area (Å²) in [7, 11) is 0. The maximum Gasteiger partial charge on any atom is 0.255 e. The Bertz CT molecular complexity index is 301. The van der Waals surface area contributed by atoms with Crippen molar-refractivity contribution in [1.29, 1.82) is 5.26 Å². The number of hydrogen-bond donors (Lipinski definition) is 1. The molecule has 0 atom stereocenters. The molecule has 1 N–H and O–H groups in total. The Morgan fingerprint density at radius 1 is 1.64 bits per heavy atom. The van der Waals surface area contributed by atoms with E-state index in [1.807, 2.05) is 24.2 Å². The normalized spacial score (nSPS) is 10.0. The zero-order valence-corrected chi connectivity index (χ0v) is 9.31. The highest BCUT2D eigenvalue weighted by atomic mass is 32.2. The minimum Gasteiger partial charge on any atom is -0.248 e. The molecular formula is C10H16N3S+. The number of thioether (sulfide) groups is 1. The number of nitrogens with zero attached hydrogens (tertiary/aromatic N) is 2. The van der Waals surface area contributed by atoms with Gasteiger partial charge in [0.05, 0.1) is 12.5 Å². The van der Waals surface area contributed by atoms with Gasteiger partial charge >= 0.3 is 0 Å². The second-order valence-electron chi connectivity index (χ2n) is 3.07. The molecule has 14 heavy (non-hydrogen) atoms. The lowest BCUT2D eigenvalue weighted by Gasteiger charge is -1.98. The van der Waals surface area contributed by atoms with E-state index >= 15 is 0 Å². The van der Waals surface area contributed by atoms with Crippen LogP contribution in [-0.2, 0) is 12.3 Å². The molecule has 0 bridgehead atoms. The second kappa shape index (κ2) is 6.50. The third-order valence-electron chi connectivity index (χ3n) is 1.90. The summed E-state index contributed by atoms with van der Waals surface area (Å²) in [5, 5.41) is 8.49. The Morgan fingerprint density at radius 3 is 3.21 bits per heavy atom. The van der Waals surface area contributed by atoms with Crippen molar-refractivity contribution in [1.82, 2.24) is 4.98 Å². The summed E-state index contributed by atoms with van der Waals surface area (Å²) in [4.78, 5) is 3.17. The Kier molecular flexibility index (Phi) is 5.16. The van der Waals surface area contributed by atoms with Gasteiger partial charge in [-0.1, -0.05) is 6.92 Å². The molecule has 0 saturated heterocycles. The molecule has 0 aliphatic heterocycles. The van der Waals surface area contributed by atoms with Crippen LogP contribution in [0.15, 0.2) is 12.4 Å². The number of nitrogens with one attached hydrogen (secondary N) is 1. The van der Waals surface area contributed by atoms with Crippen molar-refractivity contribution in [3.8, 4) is 6.07 Å². The van der Waals surface area contributed by atoms with Crippen LogP contribution in [0, 0.1) is 11.3 Å².